The zero-order chi connectivity index (χ0) is 5.82. The average molecular weight is 119 g/mol. The van der Waals surface area contributed by atoms with Crippen LogP contribution in [-0.4, -0.2) is 26.1 Å². The SMILES string of the molecule is [O-]OC1COCCO1. The summed E-state index contributed by atoms with van der Waals surface area (Å²) in [5, 5.41) is 9.58. The minimum atomic E-state index is -0.691. The van der Waals surface area contributed by atoms with Gasteiger partial charge in [-0.1, -0.05) is 0 Å². The molecule has 1 aliphatic heterocycles. The fourth-order valence-corrected chi connectivity index (χ4v) is 0.522. The number of ether oxygens (including phenoxy) is 2. The Labute approximate surface area is 46.9 Å². The average Bonchev–Trinajstić information content (AvgIpc) is 1.90. The van der Waals surface area contributed by atoms with Crippen molar-refractivity contribution < 1.29 is 19.6 Å². The van der Waals surface area contributed by atoms with Gasteiger partial charge in [0, 0.05) is 0 Å². The summed E-state index contributed by atoms with van der Waals surface area (Å²) >= 11 is 0. The van der Waals surface area contributed by atoms with Gasteiger partial charge in [-0.05, 0) is 0 Å². The fraction of sp³-hybridized carbons (Fsp3) is 1.00. The van der Waals surface area contributed by atoms with E-state index in [1.54, 1.807) is 0 Å². The van der Waals surface area contributed by atoms with Gasteiger partial charge in [-0.2, -0.15) is 0 Å². The van der Waals surface area contributed by atoms with Gasteiger partial charge in [-0.3, -0.25) is 0 Å². The van der Waals surface area contributed by atoms with Crippen molar-refractivity contribution in [2.24, 2.45) is 0 Å². The molecule has 4 nitrogen and oxygen atoms in total. The maximum absolute atomic E-state index is 9.58. The molecule has 0 radical (unpaired) electrons. The Morgan fingerprint density at radius 2 is 2.38 bits per heavy atom. The quantitative estimate of drug-likeness (QED) is 0.316. The Balaban J connectivity index is 2.13. The molecule has 0 aromatic rings. The molecule has 1 rings (SSSR count). The van der Waals surface area contributed by atoms with Crippen LogP contribution >= 0.6 is 0 Å². The fourth-order valence-electron chi connectivity index (χ4n) is 0.522. The summed E-state index contributed by atoms with van der Waals surface area (Å²) in [5.41, 5.74) is 0. The van der Waals surface area contributed by atoms with Gasteiger partial charge in [0.15, 0.2) is 6.29 Å². The maximum Gasteiger partial charge on any atom is 0.172 e. The summed E-state index contributed by atoms with van der Waals surface area (Å²) in [4.78, 5) is 3.59. The predicted molar refractivity (Wildman–Crippen MR) is 21.6 cm³/mol. The van der Waals surface area contributed by atoms with Gasteiger partial charge in [0.25, 0.3) is 0 Å². The molecule has 1 atom stereocenters. The third kappa shape index (κ3) is 1.41. The van der Waals surface area contributed by atoms with Gasteiger partial charge < -0.3 is 19.6 Å². The van der Waals surface area contributed by atoms with E-state index in [1.165, 1.54) is 0 Å². The van der Waals surface area contributed by atoms with Crippen LogP contribution in [0.4, 0.5) is 0 Å². The van der Waals surface area contributed by atoms with E-state index < -0.39 is 6.29 Å². The number of hydrogen-bond acceptors (Lipinski definition) is 4. The summed E-state index contributed by atoms with van der Waals surface area (Å²) < 4.78 is 9.59. The molecule has 1 fully saturated rings. The lowest BCUT2D eigenvalue weighted by Gasteiger charge is -2.24. The Kier molecular flexibility index (Phi) is 2.23. The van der Waals surface area contributed by atoms with Crippen molar-refractivity contribution in [3.63, 3.8) is 0 Å². The van der Waals surface area contributed by atoms with Crippen LogP contribution in [0.3, 0.4) is 0 Å². The number of hydrogen-bond donors (Lipinski definition) is 0. The minimum Gasteiger partial charge on any atom is -0.721 e. The van der Waals surface area contributed by atoms with Crippen LogP contribution in [0.15, 0.2) is 0 Å². The Morgan fingerprint density at radius 1 is 1.50 bits per heavy atom. The molecule has 0 saturated carbocycles. The summed E-state index contributed by atoms with van der Waals surface area (Å²) in [5.74, 6) is 0. The van der Waals surface area contributed by atoms with Gasteiger partial charge in [-0.25, -0.2) is 0 Å². The zero-order valence-corrected chi connectivity index (χ0v) is 4.33. The Hall–Kier alpha value is -0.160. The van der Waals surface area contributed by atoms with Gasteiger partial charge in [0.2, 0.25) is 0 Å². The van der Waals surface area contributed by atoms with Crippen molar-refractivity contribution >= 4 is 0 Å². The van der Waals surface area contributed by atoms with Crippen molar-refractivity contribution in [2.45, 2.75) is 6.29 Å². The summed E-state index contributed by atoms with van der Waals surface area (Å²) in [6.07, 6.45) is -0.691. The summed E-state index contributed by atoms with van der Waals surface area (Å²) in [6, 6.07) is 0. The van der Waals surface area contributed by atoms with Gasteiger partial charge in [0.1, 0.15) is 0 Å². The summed E-state index contributed by atoms with van der Waals surface area (Å²) in [7, 11) is 0. The molecule has 0 N–H and O–H groups in total. The Bertz CT molecular complexity index is 59.1. The molecule has 1 unspecified atom stereocenters. The molecule has 0 aromatic carbocycles. The highest BCUT2D eigenvalue weighted by atomic mass is 17.1. The van der Waals surface area contributed by atoms with E-state index in [0.29, 0.717) is 13.2 Å². The Morgan fingerprint density at radius 3 is 2.75 bits per heavy atom. The van der Waals surface area contributed by atoms with Gasteiger partial charge in [-0.15, -0.1) is 0 Å². The second-order valence-corrected chi connectivity index (χ2v) is 1.47. The lowest BCUT2D eigenvalue weighted by molar-refractivity contribution is -0.720. The first-order valence-electron chi connectivity index (χ1n) is 2.41. The third-order valence-corrected chi connectivity index (χ3v) is 0.893. The molecule has 1 aliphatic rings. The third-order valence-electron chi connectivity index (χ3n) is 0.893. The molecule has 8 heavy (non-hydrogen) atoms. The van der Waals surface area contributed by atoms with Crippen LogP contribution in [0.25, 0.3) is 0 Å². The molecule has 1 heterocycles. The first-order valence-corrected chi connectivity index (χ1v) is 2.41. The van der Waals surface area contributed by atoms with Crippen LogP contribution in [-0.2, 0) is 14.4 Å². The molecule has 1 saturated heterocycles. The normalized spacial score (nSPS) is 30.4. The van der Waals surface area contributed by atoms with E-state index in [-0.39, 0.29) is 6.61 Å². The monoisotopic (exact) mass is 119 g/mol. The smallest absolute Gasteiger partial charge is 0.172 e. The molecule has 4 heteroatoms. The van der Waals surface area contributed by atoms with Crippen molar-refractivity contribution in [3.05, 3.63) is 0 Å². The lowest BCUT2D eigenvalue weighted by atomic mass is 10.6. The van der Waals surface area contributed by atoms with E-state index in [2.05, 4.69) is 4.89 Å². The summed E-state index contributed by atoms with van der Waals surface area (Å²) in [6.45, 7) is 1.26. The van der Waals surface area contributed by atoms with E-state index >= 15 is 0 Å². The molecule has 0 aromatic heterocycles. The van der Waals surface area contributed by atoms with E-state index in [4.69, 9.17) is 9.47 Å². The maximum atomic E-state index is 9.58. The molecule has 0 amide bonds. The van der Waals surface area contributed by atoms with Gasteiger partial charge in [0.05, 0.1) is 19.8 Å². The van der Waals surface area contributed by atoms with Crippen LogP contribution in [0.2, 0.25) is 0 Å². The molecular formula is C4H7O4-. The highest BCUT2D eigenvalue weighted by Crippen LogP contribution is 1.97. The highest BCUT2D eigenvalue weighted by Gasteiger charge is 2.09. The topological polar surface area (TPSA) is 50.8 Å². The lowest BCUT2D eigenvalue weighted by Crippen LogP contribution is -2.34. The van der Waals surface area contributed by atoms with E-state index in [9.17, 15) is 5.26 Å². The predicted octanol–water partition coefficient (Wildman–Crippen LogP) is -1.35. The largest absolute Gasteiger partial charge is 0.721 e. The molecular weight excluding hydrogens is 112 g/mol. The highest BCUT2D eigenvalue weighted by molar-refractivity contribution is 4.44. The zero-order valence-electron chi connectivity index (χ0n) is 4.33. The molecule has 48 valence electrons. The first-order chi connectivity index (χ1) is 3.93. The van der Waals surface area contributed by atoms with Crippen LogP contribution in [0, 0.1) is 0 Å². The molecule has 0 spiro atoms. The van der Waals surface area contributed by atoms with Crippen molar-refractivity contribution in [2.75, 3.05) is 19.8 Å². The minimum absolute atomic E-state index is 0.253. The van der Waals surface area contributed by atoms with Crippen LogP contribution in [0.1, 0.15) is 0 Å². The van der Waals surface area contributed by atoms with E-state index in [0.717, 1.165) is 0 Å². The molecule has 0 aliphatic carbocycles. The number of rotatable bonds is 1. The molecule has 0 bridgehead atoms. The van der Waals surface area contributed by atoms with Crippen molar-refractivity contribution in [1.29, 1.82) is 0 Å². The first kappa shape index (κ1) is 5.97. The van der Waals surface area contributed by atoms with Gasteiger partial charge >= 0.3 is 0 Å². The van der Waals surface area contributed by atoms with Crippen LogP contribution in [0.5, 0.6) is 0 Å². The van der Waals surface area contributed by atoms with Crippen molar-refractivity contribution in [3.8, 4) is 0 Å². The second-order valence-electron chi connectivity index (χ2n) is 1.47. The second kappa shape index (κ2) is 2.99. The van der Waals surface area contributed by atoms with Crippen LogP contribution < -0.4 is 5.26 Å². The van der Waals surface area contributed by atoms with E-state index in [1.807, 2.05) is 0 Å². The standard InChI is InChI=1S/C4H8O4/c5-8-4-3-6-1-2-7-4/h4-5H,1-3H2/p-1. The van der Waals surface area contributed by atoms with Crippen molar-refractivity contribution in [1.82, 2.24) is 0 Å².